The maximum absolute atomic E-state index is 12.5. The average Bonchev–Trinajstić information content (AvgIpc) is 2.49. The molecule has 0 radical (unpaired) electrons. The predicted octanol–water partition coefficient (Wildman–Crippen LogP) is 2.71. The number of benzene rings is 1. The van der Waals surface area contributed by atoms with Crippen LogP contribution in [0.4, 0.5) is 0 Å². The van der Waals surface area contributed by atoms with Crippen LogP contribution in [0.5, 0.6) is 11.5 Å². The molecule has 1 aliphatic carbocycles. The molecule has 0 fully saturated rings. The molecule has 0 bridgehead atoms. The van der Waals surface area contributed by atoms with Gasteiger partial charge in [-0.3, -0.25) is 4.79 Å². The van der Waals surface area contributed by atoms with E-state index in [1.807, 2.05) is 38.2 Å². The zero-order valence-electron chi connectivity index (χ0n) is 13.5. The molecule has 2 aliphatic rings. The van der Waals surface area contributed by atoms with E-state index in [0.717, 1.165) is 11.1 Å². The third-order valence-corrected chi connectivity index (χ3v) is 4.62. The number of aromatic hydroxyl groups is 1. The number of aliphatic hydroxyl groups is 1. The third-order valence-electron chi connectivity index (χ3n) is 4.62. The minimum Gasteiger partial charge on any atom is -0.508 e. The van der Waals surface area contributed by atoms with E-state index in [9.17, 15) is 15.0 Å². The van der Waals surface area contributed by atoms with Crippen molar-refractivity contribution in [3.05, 3.63) is 47.6 Å². The number of ketones is 1. The van der Waals surface area contributed by atoms with E-state index in [1.165, 1.54) is 0 Å². The molecule has 122 valence electrons. The van der Waals surface area contributed by atoms with Gasteiger partial charge in [0.05, 0.1) is 6.10 Å². The van der Waals surface area contributed by atoms with Gasteiger partial charge in [0.1, 0.15) is 22.9 Å². The van der Waals surface area contributed by atoms with Gasteiger partial charge >= 0.3 is 0 Å². The van der Waals surface area contributed by atoms with E-state index < -0.39 is 11.7 Å². The van der Waals surface area contributed by atoms with Crippen LogP contribution in [0.1, 0.15) is 31.4 Å². The van der Waals surface area contributed by atoms with Gasteiger partial charge in [-0.2, -0.15) is 0 Å². The standard InChI is InChI=1S/C19H22O4/c1-19(2)18(22)11-15-13(8-14(20)10-17(15)23-19)9-16(21)12-6-4-3-5-7-12/h3-6,8,10,12,18,20,22H,7,9,11H2,1-2H3. The van der Waals surface area contributed by atoms with Gasteiger partial charge in [0.25, 0.3) is 0 Å². The second-order valence-electron chi connectivity index (χ2n) is 6.81. The first-order valence-electron chi connectivity index (χ1n) is 7.94. The lowest BCUT2D eigenvalue weighted by Gasteiger charge is -2.38. The number of aliphatic hydroxyl groups excluding tert-OH is 1. The average molecular weight is 314 g/mol. The van der Waals surface area contributed by atoms with Crippen molar-refractivity contribution in [3.8, 4) is 11.5 Å². The summed E-state index contributed by atoms with van der Waals surface area (Å²) in [6.07, 6.45) is 8.43. The number of phenolic OH excluding ortho intramolecular Hbond substituents is 1. The van der Waals surface area contributed by atoms with Crippen LogP contribution >= 0.6 is 0 Å². The van der Waals surface area contributed by atoms with E-state index in [2.05, 4.69) is 0 Å². The van der Waals surface area contributed by atoms with Crippen molar-refractivity contribution >= 4 is 5.78 Å². The second kappa shape index (κ2) is 5.85. The Labute approximate surface area is 136 Å². The molecule has 1 aliphatic heterocycles. The summed E-state index contributed by atoms with van der Waals surface area (Å²) in [6, 6.07) is 3.16. The normalized spacial score (nSPS) is 24.8. The SMILES string of the molecule is CC1(C)Oc2cc(O)cc(CC(=O)C3C=CC=CC3)c2CC1O. The molecule has 3 rings (SSSR count). The Hall–Kier alpha value is -2.07. The van der Waals surface area contributed by atoms with Crippen LogP contribution in [-0.2, 0) is 17.6 Å². The lowest BCUT2D eigenvalue weighted by atomic mass is 9.85. The van der Waals surface area contributed by atoms with Crippen molar-refractivity contribution in [3.63, 3.8) is 0 Å². The maximum Gasteiger partial charge on any atom is 0.144 e. The molecule has 2 N–H and O–H groups in total. The Morgan fingerprint density at radius 2 is 2.13 bits per heavy atom. The monoisotopic (exact) mass is 314 g/mol. The van der Waals surface area contributed by atoms with E-state index in [4.69, 9.17) is 4.74 Å². The summed E-state index contributed by atoms with van der Waals surface area (Å²) in [7, 11) is 0. The summed E-state index contributed by atoms with van der Waals surface area (Å²) < 4.78 is 5.83. The fourth-order valence-corrected chi connectivity index (χ4v) is 3.10. The molecule has 0 saturated heterocycles. The molecule has 2 atom stereocenters. The summed E-state index contributed by atoms with van der Waals surface area (Å²) in [6.45, 7) is 3.63. The van der Waals surface area contributed by atoms with Crippen molar-refractivity contribution in [2.75, 3.05) is 0 Å². The molecule has 1 aromatic carbocycles. The number of Topliss-reactive ketones (excluding diaryl/α,β-unsaturated/α-hetero) is 1. The van der Waals surface area contributed by atoms with Gasteiger partial charge < -0.3 is 14.9 Å². The molecular formula is C19H22O4. The number of ether oxygens (including phenoxy) is 1. The van der Waals surface area contributed by atoms with Crippen LogP contribution in [0.25, 0.3) is 0 Å². The number of hydrogen-bond donors (Lipinski definition) is 2. The lowest BCUT2D eigenvalue weighted by Crippen LogP contribution is -2.46. The molecule has 0 amide bonds. The van der Waals surface area contributed by atoms with Crippen LogP contribution in [0.2, 0.25) is 0 Å². The smallest absolute Gasteiger partial charge is 0.144 e. The largest absolute Gasteiger partial charge is 0.508 e. The molecule has 4 heteroatoms. The Bertz CT molecular complexity index is 685. The van der Waals surface area contributed by atoms with Crippen molar-refractivity contribution in [1.82, 2.24) is 0 Å². The molecule has 0 aromatic heterocycles. The summed E-state index contributed by atoms with van der Waals surface area (Å²) in [4.78, 5) is 12.5. The van der Waals surface area contributed by atoms with E-state index >= 15 is 0 Å². The van der Waals surface area contributed by atoms with Crippen molar-refractivity contribution in [1.29, 1.82) is 0 Å². The highest BCUT2D eigenvalue weighted by molar-refractivity contribution is 5.86. The first-order chi connectivity index (χ1) is 10.9. The highest BCUT2D eigenvalue weighted by atomic mass is 16.5. The van der Waals surface area contributed by atoms with Crippen LogP contribution < -0.4 is 4.74 Å². The first-order valence-corrected chi connectivity index (χ1v) is 7.94. The molecule has 0 saturated carbocycles. The van der Waals surface area contributed by atoms with Crippen LogP contribution in [0.15, 0.2) is 36.4 Å². The zero-order chi connectivity index (χ0) is 16.6. The van der Waals surface area contributed by atoms with E-state index in [0.29, 0.717) is 18.6 Å². The number of carbonyl (C=O) groups is 1. The summed E-state index contributed by atoms with van der Waals surface area (Å²) in [5.41, 5.74) is 0.847. The number of phenols is 1. The molecule has 2 unspecified atom stereocenters. The van der Waals surface area contributed by atoms with Gasteiger partial charge in [-0.05, 0) is 31.9 Å². The first kappa shape index (κ1) is 15.8. The summed E-state index contributed by atoms with van der Waals surface area (Å²) in [5.74, 6) is 0.626. The number of fused-ring (bicyclic) bond motifs is 1. The fraction of sp³-hybridized carbons (Fsp3) is 0.421. The highest BCUT2D eigenvalue weighted by Crippen LogP contribution is 2.38. The number of rotatable bonds is 3. The Morgan fingerprint density at radius 1 is 1.35 bits per heavy atom. The second-order valence-corrected chi connectivity index (χ2v) is 6.81. The Balaban J connectivity index is 1.88. The van der Waals surface area contributed by atoms with Gasteiger partial charge in [-0.1, -0.05) is 24.3 Å². The van der Waals surface area contributed by atoms with Crippen LogP contribution in [0.3, 0.4) is 0 Å². The summed E-state index contributed by atoms with van der Waals surface area (Å²) in [5, 5.41) is 20.2. The molecular weight excluding hydrogens is 292 g/mol. The van der Waals surface area contributed by atoms with Gasteiger partial charge in [0, 0.05) is 30.4 Å². The molecule has 23 heavy (non-hydrogen) atoms. The van der Waals surface area contributed by atoms with Gasteiger partial charge in [0.2, 0.25) is 0 Å². The minimum atomic E-state index is -0.709. The molecule has 1 heterocycles. The van der Waals surface area contributed by atoms with E-state index in [1.54, 1.807) is 12.1 Å². The topological polar surface area (TPSA) is 66.8 Å². The lowest BCUT2D eigenvalue weighted by molar-refractivity contribution is -0.120. The zero-order valence-corrected chi connectivity index (χ0v) is 13.5. The highest BCUT2D eigenvalue weighted by Gasteiger charge is 2.37. The number of carbonyl (C=O) groups excluding carboxylic acids is 1. The Kier molecular flexibility index (Phi) is 4.02. The van der Waals surface area contributed by atoms with E-state index in [-0.39, 0.29) is 23.9 Å². The summed E-state index contributed by atoms with van der Waals surface area (Å²) >= 11 is 0. The van der Waals surface area contributed by atoms with Gasteiger partial charge in [0.15, 0.2) is 0 Å². The molecule has 4 nitrogen and oxygen atoms in total. The molecule has 0 spiro atoms. The van der Waals surface area contributed by atoms with Gasteiger partial charge in [-0.15, -0.1) is 0 Å². The minimum absolute atomic E-state index is 0.0813. The van der Waals surface area contributed by atoms with Crippen molar-refractivity contribution in [2.24, 2.45) is 5.92 Å². The van der Waals surface area contributed by atoms with Crippen LogP contribution in [-0.4, -0.2) is 27.7 Å². The third kappa shape index (κ3) is 3.17. The number of hydrogen-bond acceptors (Lipinski definition) is 4. The Morgan fingerprint density at radius 3 is 2.83 bits per heavy atom. The maximum atomic E-state index is 12.5. The van der Waals surface area contributed by atoms with Crippen molar-refractivity contribution in [2.45, 2.75) is 44.8 Å². The van der Waals surface area contributed by atoms with Crippen LogP contribution in [0, 0.1) is 5.92 Å². The quantitative estimate of drug-likeness (QED) is 0.900. The predicted molar refractivity (Wildman–Crippen MR) is 87.6 cm³/mol. The molecule has 1 aromatic rings. The van der Waals surface area contributed by atoms with Gasteiger partial charge in [-0.25, -0.2) is 0 Å². The van der Waals surface area contributed by atoms with Crippen molar-refractivity contribution < 1.29 is 19.7 Å². The fourth-order valence-electron chi connectivity index (χ4n) is 3.10. The number of allylic oxidation sites excluding steroid dienone is 4.